The number of nitrogens with zero attached hydrogens (tertiary/aromatic N) is 2. The summed E-state index contributed by atoms with van der Waals surface area (Å²) in [5.74, 6) is -0.952. The molecule has 0 aliphatic rings. The molecule has 0 spiro atoms. The van der Waals surface area contributed by atoms with Crippen molar-refractivity contribution in [3.8, 4) is 11.5 Å². The van der Waals surface area contributed by atoms with Crippen molar-refractivity contribution in [1.82, 2.24) is 10.1 Å². The van der Waals surface area contributed by atoms with E-state index in [9.17, 15) is 9.59 Å². The quantitative estimate of drug-likeness (QED) is 0.270. The van der Waals surface area contributed by atoms with Gasteiger partial charge >= 0.3 is 5.97 Å². The Bertz CT molecular complexity index is 1330. The standard InChI is InChI=1S/C21H14Cl3N3O5/c1-9-18-11(6-16(17-4-3-5-30-17)26-20(18)32-27-9)21(29)31-10(2)19(28)25-15-8-13(23)12(22)7-14(15)24/h3-8,10H,1-2H3,(H,25,28). The lowest BCUT2D eigenvalue weighted by Gasteiger charge is -2.15. The van der Waals surface area contributed by atoms with Gasteiger partial charge in [-0.2, -0.15) is 0 Å². The normalized spacial score (nSPS) is 12.0. The second-order valence-electron chi connectivity index (χ2n) is 6.76. The number of nitrogens with one attached hydrogen (secondary N) is 1. The maximum absolute atomic E-state index is 13.0. The van der Waals surface area contributed by atoms with Gasteiger partial charge in [0.1, 0.15) is 5.69 Å². The number of halogens is 3. The molecule has 0 fully saturated rings. The van der Waals surface area contributed by atoms with Crippen molar-refractivity contribution >= 4 is 63.5 Å². The van der Waals surface area contributed by atoms with Gasteiger partial charge in [-0.15, -0.1) is 0 Å². The number of benzene rings is 1. The van der Waals surface area contributed by atoms with E-state index in [0.717, 1.165) is 0 Å². The SMILES string of the molecule is Cc1noc2nc(-c3ccco3)cc(C(=O)OC(C)C(=O)Nc3cc(Cl)c(Cl)cc3Cl)c12. The molecule has 164 valence electrons. The molecule has 32 heavy (non-hydrogen) atoms. The molecule has 3 heterocycles. The highest BCUT2D eigenvalue weighted by Crippen LogP contribution is 2.32. The van der Waals surface area contributed by atoms with Crippen LogP contribution in [0, 0.1) is 6.92 Å². The maximum Gasteiger partial charge on any atom is 0.339 e. The predicted octanol–water partition coefficient (Wildman–Crippen LogP) is 5.94. The molecule has 3 aromatic heterocycles. The Morgan fingerprint density at radius 1 is 1.12 bits per heavy atom. The summed E-state index contributed by atoms with van der Waals surface area (Å²) in [4.78, 5) is 29.9. The molecule has 0 aliphatic carbocycles. The molecule has 4 rings (SSSR count). The Balaban J connectivity index is 1.59. The number of hydrogen-bond donors (Lipinski definition) is 1. The summed E-state index contributed by atoms with van der Waals surface area (Å²) in [5.41, 5.74) is 1.31. The highest BCUT2D eigenvalue weighted by Gasteiger charge is 2.25. The van der Waals surface area contributed by atoms with Gasteiger partial charge < -0.3 is 19.0 Å². The zero-order valence-corrected chi connectivity index (χ0v) is 18.9. The third-order valence-corrected chi connectivity index (χ3v) is 5.57. The number of anilines is 1. The number of aromatic nitrogens is 2. The van der Waals surface area contributed by atoms with Crippen LogP contribution < -0.4 is 5.32 Å². The number of carbonyl (C=O) groups is 2. The smallest absolute Gasteiger partial charge is 0.339 e. The third kappa shape index (κ3) is 4.29. The number of furan rings is 1. The Morgan fingerprint density at radius 3 is 2.59 bits per heavy atom. The fraction of sp³-hybridized carbons (Fsp3) is 0.143. The Morgan fingerprint density at radius 2 is 1.88 bits per heavy atom. The first kappa shape index (κ1) is 22.1. The number of fused-ring (bicyclic) bond motifs is 1. The molecule has 4 aromatic rings. The largest absolute Gasteiger partial charge is 0.463 e. The van der Waals surface area contributed by atoms with Gasteiger partial charge in [0.25, 0.3) is 11.6 Å². The van der Waals surface area contributed by atoms with Crippen LogP contribution in [0.3, 0.4) is 0 Å². The minimum Gasteiger partial charge on any atom is -0.463 e. The summed E-state index contributed by atoms with van der Waals surface area (Å²) in [7, 11) is 0. The molecular weight excluding hydrogens is 481 g/mol. The van der Waals surface area contributed by atoms with Crippen molar-refractivity contribution in [2.24, 2.45) is 0 Å². The second-order valence-corrected chi connectivity index (χ2v) is 7.99. The number of aryl methyl sites for hydroxylation is 1. The van der Waals surface area contributed by atoms with E-state index in [2.05, 4.69) is 15.5 Å². The zero-order chi connectivity index (χ0) is 23.0. The van der Waals surface area contributed by atoms with E-state index in [1.54, 1.807) is 19.1 Å². The number of rotatable bonds is 5. The van der Waals surface area contributed by atoms with Gasteiger partial charge in [0.2, 0.25) is 0 Å². The summed E-state index contributed by atoms with van der Waals surface area (Å²) in [6, 6.07) is 7.67. The second kappa shape index (κ2) is 8.82. The first-order valence-corrected chi connectivity index (χ1v) is 10.3. The molecular formula is C21H14Cl3N3O5. The fourth-order valence-corrected chi connectivity index (χ4v) is 3.53. The van der Waals surface area contributed by atoms with Gasteiger partial charge in [0, 0.05) is 0 Å². The molecule has 0 aliphatic heterocycles. The topological polar surface area (TPSA) is 107 Å². The zero-order valence-electron chi connectivity index (χ0n) is 16.6. The number of esters is 1. The van der Waals surface area contributed by atoms with Gasteiger partial charge in [-0.05, 0) is 44.2 Å². The monoisotopic (exact) mass is 493 g/mol. The molecule has 1 N–H and O–H groups in total. The van der Waals surface area contributed by atoms with Gasteiger partial charge in [-0.25, -0.2) is 9.78 Å². The summed E-state index contributed by atoms with van der Waals surface area (Å²) < 4.78 is 16.0. The van der Waals surface area contributed by atoms with Crippen LogP contribution >= 0.6 is 34.8 Å². The summed E-state index contributed by atoms with van der Waals surface area (Å²) in [6.07, 6.45) is 0.314. The lowest BCUT2D eigenvalue weighted by atomic mass is 10.1. The van der Waals surface area contributed by atoms with E-state index in [4.69, 9.17) is 48.5 Å². The Labute approximate surface area is 196 Å². The Kier molecular flexibility index (Phi) is 6.10. The van der Waals surface area contributed by atoms with Crippen LogP contribution in [0.25, 0.3) is 22.6 Å². The predicted molar refractivity (Wildman–Crippen MR) is 119 cm³/mol. The number of carbonyl (C=O) groups excluding carboxylic acids is 2. The first-order chi connectivity index (χ1) is 15.2. The molecule has 11 heteroatoms. The molecule has 8 nitrogen and oxygen atoms in total. The van der Waals surface area contributed by atoms with Crippen LogP contribution in [0.1, 0.15) is 23.0 Å². The summed E-state index contributed by atoms with van der Waals surface area (Å²) >= 11 is 18.0. The third-order valence-electron chi connectivity index (χ3n) is 4.53. The first-order valence-electron chi connectivity index (χ1n) is 9.22. The van der Waals surface area contributed by atoms with Crippen LogP contribution in [0.5, 0.6) is 0 Å². The average Bonchev–Trinajstić information content (AvgIpc) is 3.41. The molecule has 0 saturated heterocycles. The van der Waals surface area contributed by atoms with Gasteiger partial charge in [0.05, 0.1) is 43.7 Å². The highest BCUT2D eigenvalue weighted by molar-refractivity contribution is 6.44. The number of hydrogen-bond acceptors (Lipinski definition) is 7. The van der Waals surface area contributed by atoms with Crippen molar-refractivity contribution in [1.29, 1.82) is 0 Å². The average molecular weight is 495 g/mol. The molecule has 0 radical (unpaired) electrons. The van der Waals surface area contributed by atoms with Crippen molar-refractivity contribution in [3.05, 3.63) is 62.9 Å². The van der Waals surface area contributed by atoms with Gasteiger partial charge in [-0.1, -0.05) is 40.0 Å². The van der Waals surface area contributed by atoms with E-state index in [0.29, 0.717) is 22.5 Å². The summed E-state index contributed by atoms with van der Waals surface area (Å²) in [6.45, 7) is 3.09. The van der Waals surface area contributed by atoms with E-state index >= 15 is 0 Å². The van der Waals surface area contributed by atoms with Gasteiger partial charge in [-0.3, -0.25) is 4.79 Å². The van der Waals surface area contributed by atoms with Crippen LogP contribution in [-0.4, -0.2) is 28.1 Å². The maximum atomic E-state index is 13.0. The number of amides is 1. The lowest BCUT2D eigenvalue weighted by Crippen LogP contribution is -2.30. The Hall–Kier alpha value is -3.07. The highest BCUT2D eigenvalue weighted by atomic mass is 35.5. The van der Waals surface area contributed by atoms with E-state index < -0.39 is 18.0 Å². The van der Waals surface area contributed by atoms with Crippen LogP contribution in [0.4, 0.5) is 5.69 Å². The molecule has 1 unspecified atom stereocenters. The molecule has 1 atom stereocenters. The minimum atomic E-state index is -1.16. The fourth-order valence-electron chi connectivity index (χ4n) is 2.94. The lowest BCUT2D eigenvalue weighted by molar-refractivity contribution is -0.123. The molecule has 1 aromatic carbocycles. The number of ether oxygens (including phenoxy) is 1. The van der Waals surface area contributed by atoms with Crippen LogP contribution in [0.2, 0.25) is 15.1 Å². The van der Waals surface area contributed by atoms with Crippen molar-refractivity contribution in [2.75, 3.05) is 5.32 Å². The van der Waals surface area contributed by atoms with Crippen LogP contribution in [-0.2, 0) is 9.53 Å². The van der Waals surface area contributed by atoms with Crippen molar-refractivity contribution < 1.29 is 23.3 Å². The van der Waals surface area contributed by atoms with Gasteiger partial charge in [0.15, 0.2) is 11.9 Å². The van der Waals surface area contributed by atoms with E-state index in [-0.39, 0.29) is 32.0 Å². The molecule has 0 bridgehead atoms. The number of pyridine rings is 1. The molecule has 1 amide bonds. The summed E-state index contributed by atoms with van der Waals surface area (Å²) in [5, 5.41) is 7.45. The molecule has 0 saturated carbocycles. The van der Waals surface area contributed by atoms with E-state index in [1.807, 2.05) is 0 Å². The minimum absolute atomic E-state index is 0.132. The van der Waals surface area contributed by atoms with E-state index in [1.165, 1.54) is 31.4 Å². The van der Waals surface area contributed by atoms with Crippen molar-refractivity contribution in [3.63, 3.8) is 0 Å². The van der Waals surface area contributed by atoms with Crippen molar-refractivity contribution in [2.45, 2.75) is 20.0 Å². The van der Waals surface area contributed by atoms with Crippen LogP contribution in [0.15, 0.2) is 45.5 Å².